The molecule has 16 heteroatoms. The van der Waals surface area contributed by atoms with Crippen LogP contribution < -0.4 is 10.6 Å². The highest BCUT2D eigenvalue weighted by atomic mass is 35.5. The molecule has 1 saturated carbocycles. The number of rotatable bonds is 7. The third-order valence-corrected chi connectivity index (χ3v) is 7.25. The van der Waals surface area contributed by atoms with Crippen LogP contribution in [0.15, 0.2) is 36.4 Å². The lowest BCUT2D eigenvalue weighted by Crippen LogP contribution is -2.55. The molecule has 41 heavy (non-hydrogen) atoms. The molecule has 0 aliphatic heterocycles. The van der Waals surface area contributed by atoms with Crippen molar-refractivity contribution in [1.82, 2.24) is 10.6 Å². The smallest absolute Gasteiger partial charge is 0.351 e. The first kappa shape index (κ1) is 32.9. The molecule has 1 fully saturated rings. The Morgan fingerprint density at radius 2 is 1.56 bits per heavy atom. The molecule has 224 valence electrons. The van der Waals surface area contributed by atoms with E-state index in [-0.39, 0.29) is 27.2 Å². The summed E-state index contributed by atoms with van der Waals surface area (Å²) in [4.78, 5) is 24.7. The van der Waals surface area contributed by atoms with Crippen molar-refractivity contribution in [2.45, 2.75) is 56.0 Å². The summed E-state index contributed by atoms with van der Waals surface area (Å²) >= 11 is 17.3. The zero-order valence-corrected chi connectivity index (χ0v) is 22.7. The van der Waals surface area contributed by atoms with E-state index in [1.54, 1.807) is 0 Å². The van der Waals surface area contributed by atoms with E-state index in [9.17, 15) is 44.7 Å². The molecule has 2 aromatic rings. The van der Waals surface area contributed by atoms with Crippen LogP contribution in [0.4, 0.5) is 39.5 Å². The summed E-state index contributed by atoms with van der Waals surface area (Å²) in [6.45, 7) is 1.10. The Balaban J connectivity index is 1.89. The Morgan fingerprint density at radius 3 is 2.05 bits per heavy atom. The summed E-state index contributed by atoms with van der Waals surface area (Å²) in [5, 5.41) is 3.20. The SMILES string of the molecule is CC(NC(=O)c1ccc(/C(F)=C/C(c2cc(Cl)c(Cl)c(Cl)c2)C(F)(F)F)cc1C(F)(F)F)C(=O)NC1CC(F)(F)C1. The third-order valence-electron chi connectivity index (χ3n) is 6.05. The lowest BCUT2D eigenvalue weighted by Gasteiger charge is -2.35. The third kappa shape index (κ3) is 8.01. The van der Waals surface area contributed by atoms with E-state index in [4.69, 9.17) is 34.8 Å². The molecule has 4 nitrogen and oxygen atoms in total. The van der Waals surface area contributed by atoms with Gasteiger partial charge in [0.15, 0.2) is 0 Å². The minimum atomic E-state index is -5.27. The van der Waals surface area contributed by atoms with Crippen molar-refractivity contribution in [2.75, 3.05) is 0 Å². The predicted octanol–water partition coefficient (Wildman–Crippen LogP) is 8.35. The summed E-state index contributed by atoms with van der Waals surface area (Å²) in [7, 11) is 0. The molecule has 1 aliphatic carbocycles. The van der Waals surface area contributed by atoms with Gasteiger partial charge in [-0.1, -0.05) is 40.9 Å². The van der Waals surface area contributed by atoms with Gasteiger partial charge in [0.1, 0.15) is 17.8 Å². The molecule has 3 rings (SSSR count). The molecule has 0 bridgehead atoms. The van der Waals surface area contributed by atoms with Crippen molar-refractivity contribution in [2.24, 2.45) is 0 Å². The molecular weight excluding hydrogens is 638 g/mol. The molecule has 0 spiro atoms. The topological polar surface area (TPSA) is 58.2 Å². The van der Waals surface area contributed by atoms with Crippen molar-refractivity contribution >= 4 is 52.4 Å². The molecule has 0 aromatic heterocycles. The Bertz CT molecular complexity index is 1350. The summed E-state index contributed by atoms with van der Waals surface area (Å²) in [6.07, 6.45) is -11.7. The van der Waals surface area contributed by atoms with Crippen LogP contribution in [0.25, 0.3) is 5.83 Å². The van der Waals surface area contributed by atoms with E-state index in [0.29, 0.717) is 12.1 Å². The molecule has 2 atom stereocenters. The lowest BCUT2D eigenvalue weighted by molar-refractivity contribution is -0.140. The van der Waals surface area contributed by atoms with E-state index in [2.05, 4.69) is 5.32 Å². The van der Waals surface area contributed by atoms with Gasteiger partial charge in [-0.2, -0.15) is 26.3 Å². The molecule has 2 N–H and O–H groups in total. The monoisotopic (exact) mass is 654 g/mol. The first-order valence-electron chi connectivity index (χ1n) is 11.5. The van der Waals surface area contributed by atoms with Crippen LogP contribution in [0, 0.1) is 0 Å². The van der Waals surface area contributed by atoms with Gasteiger partial charge in [-0.05, 0) is 42.8 Å². The number of benzene rings is 2. The van der Waals surface area contributed by atoms with Crippen molar-refractivity contribution in [3.05, 3.63) is 73.7 Å². The van der Waals surface area contributed by atoms with E-state index < -0.39 is 89.0 Å². The van der Waals surface area contributed by atoms with Gasteiger partial charge in [-0.15, -0.1) is 0 Å². The highest BCUT2D eigenvalue weighted by molar-refractivity contribution is 6.48. The lowest BCUT2D eigenvalue weighted by atomic mass is 9.88. The van der Waals surface area contributed by atoms with Crippen molar-refractivity contribution in [3.8, 4) is 0 Å². The highest BCUT2D eigenvalue weighted by Gasteiger charge is 2.46. The van der Waals surface area contributed by atoms with Crippen molar-refractivity contribution in [1.29, 1.82) is 0 Å². The first-order valence-corrected chi connectivity index (χ1v) is 12.6. The fourth-order valence-electron chi connectivity index (χ4n) is 3.93. The van der Waals surface area contributed by atoms with E-state index in [0.717, 1.165) is 19.1 Å². The molecular formula is C25H18Cl3F9N2O2. The molecule has 2 amide bonds. The summed E-state index contributed by atoms with van der Waals surface area (Å²) in [5.41, 5.74) is -4.35. The summed E-state index contributed by atoms with van der Waals surface area (Å²) in [5.74, 6) is -9.71. The maximum absolute atomic E-state index is 15.0. The van der Waals surface area contributed by atoms with Gasteiger partial charge in [0, 0.05) is 24.4 Å². The summed E-state index contributed by atoms with van der Waals surface area (Å²) in [6, 6.07) is 0.539. The van der Waals surface area contributed by atoms with Gasteiger partial charge in [-0.3, -0.25) is 9.59 Å². The second-order valence-electron chi connectivity index (χ2n) is 9.26. The number of hydrogen-bond acceptors (Lipinski definition) is 2. The second kappa shape index (κ2) is 11.9. The standard InChI is InChI=1S/C25H18Cl3F9N2O2/c1-10(21(40)39-13-8-23(30,31)9-13)38-22(41)14-3-2-11(4-16(14)25(35,36)37)19(29)7-15(24(32,33)34)12-5-17(26)20(28)18(27)6-12/h2-7,10,13,15H,8-9H2,1H3,(H,38,41)(H,39,40)/b19-7-. The van der Waals surface area contributed by atoms with Crippen LogP contribution in [0.5, 0.6) is 0 Å². The Kier molecular flexibility index (Phi) is 9.56. The number of alkyl halides is 8. The van der Waals surface area contributed by atoms with Crippen molar-refractivity contribution < 1.29 is 49.1 Å². The Morgan fingerprint density at radius 1 is 1.00 bits per heavy atom. The molecule has 0 saturated heterocycles. The van der Waals surface area contributed by atoms with Gasteiger partial charge >= 0.3 is 12.4 Å². The second-order valence-corrected chi connectivity index (χ2v) is 10.4. The maximum Gasteiger partial charge on any atom is 0.417 e. The van der Waals surface area contributed by atoms with Crippen LogP contribution in [0.3, 0.4) is 0 Å². The largest absolute Gasteiger partial charge is 0.417 e. The highest BCUT2D eigenvalue weighted by Crippen LogP contribution is 2.43. The van der Waals surface area contributed by atoms with Gasteiger partial charge in [-0.25, -0.2) is 13.2 Å². The fraction of sp³-hybridized carbons (Fsp3) is 0.360. The number of halogens is 12. The van der Waals surface area contributed by atoms with Crippen LogP contribution in [0.1, 0.15) is 52.7 Å². The Labute approximate surface area is 241 Å². The predicted molar refractivity (Wildman–Crippen MR) is 134 cm³/mol. The minimum absolute atomic E-state index is 0.0154. The van der Waals surface area contributed by atoms with Gasteiger partial charge < -0.3 is 10.6 Å². The molecule has 1 aliphatic rings. The number of allylic oxidation sites excluding steroid dienone is 1. The molecule has 0 radical (unpaired) electrons. The van der Waals surface area contributed by atoms with Crippen LogP contribution >= 0.6 is 34.8 Å². The quantitative estimate of drug-likeness (QED) is 0.233. The van der Waals surface area contributed by atoms with Gasteiger partial charge in [0.25, 0.3) is 11.8 Å². The number of carbonyl (C=O) groups is 2. The number of carbonyl (C=O) groups excluding carboxylic acids is 2. The molecule has 0 heterocycles. The van der Waals surface area contributed by atoms with E-state index in [1.165, 1.54) is 0 Å². The average molecular weight is 656 g/mol. The normalized spacial score (nSPS) is 17.4. The van der Waals surface area contributed by atoms with Gasteiger partial charge in [0.2, 0.25) is 5.91 Å². The zero-order chi connectivity index (χ0) is 31.1. The Hall–Kier alpha value is -2.64. The van der Waals surface area contributed by atoms with Crippen LogP contribution in [0.2, 0.25) is 15.1 Å². The molecule has 2 aromatic carbocycles. The first-order chi connectivity index (χ1) is 18.7. The number of nitrogens with one attached hydrogen (secondary N) is 2. The zero-order valence-electron chi connectivity index (χ0n) is 20.5. The summed E-state index contributed by atoms with van der Waals surface area (Å²) < 4.78 is 124. The molecule has 2 unspecified atom stereocenters. The van der Waals surface area contributed by atoms with E-state index in [1.807, 2.05) is 5.32 Å². The van der Waals surface area contributed by atoms with Crippen molar-refractivity contribution in [3.63, 3.8) is 0 Å². The van der Waals surface area contributed by atoms with Gasteiger partial charge in [0.05, 0.1) is 26.2 Å². The van der Waals surface area contributed by atoms with E-state index >= 15 is 4.39 Å². The fourth-order valence-corrected chi connectivity index (χ4v) is 4.54. The number of hydrogen-bond donors (Lipinski definition) is 2. The average Bonchev–Trinajstić information content (AvgIpc) is 2.82. The number of amides is 2. The van der Waals surface area contributed by atoms with Crippen LogP contribution in [-0.2, 0) is 11.0 Å². The van der Waals surface area contributed by atoms with Crippen LogP contribution in [-0.4, -0.2) is 36.0 Å². The maximum atomic E-state index is 15.0. The minimum Gasteiger partial charge on any atom is -0.351 e.